The Hall–Kier alpha value is -2.52. The second-order valence-electron chi connectivity index (χ2n) is 5.94. The molecular weight excluding hydrogens is 340 g/mol. The maximum Gasteiger partial charge on any atom is 0.319 e. The molecule has 0 aliphatic heterocycles. The highest BCUT2D eigenvalue weighted by Gasteiger charge is 2.21. The number of benzene rings is 3. The summed E-state index contributed by atoms with van der Waals surface area (Å²) >= 11 is 1.56. The van der Waals surface area contributed by atoms with Gasteiger partial charge < -0.3 is 4.74 Å². The van der Waals surface area contributed by atoms with Gasteiger partial charge in [-0.3, -0.25) is 4.79 Å². The van der Waals surface area contributed by atoms with Gasteiger partial charge >= 0.3 is 5.97 Å². The number of ether oxygens (including phenoxy) is 1. The smallest absolute Gasteiger partial charge is 0.319 e. The van der Waals surface area contributed by atoms with E-state index >= 15 is 0 Å². The number of rotatable bonds is 7. The number of carbonyl (C=O) groups excluding carboxylic acids is 1. The van der Waals surface area contributed by atoms with Gasteiger partial charge in [-0.1, -0.05) is 72.8 Å². The van der Waals surface area contributed by atoms with Crippen LogP contribution in [0, 0.1) is 0 Å². The van der Waals surface area contributed by atoms with Gasteiger partial charge in [0.2, 0.25) is 0 Å². The van der Waals surface area contributed by atoms with E-state index in [9.17, 15) is 4.79 Å². The Labute approximate surface area is 159 Å². The monoisotopic (exact) mass is 362 g/mol. The van der Waals surface area contributed by atoms with E-state index in [1.807, 2.05) is 55.5 Å². The highest BCUT2D eigenvalue weighted by atomic mass is 32.2. The molecule has 132 valence electrons. The average Bonchev–Trinajstić information content (AvgIpc) is 2.70. The van der Waals surface area contributed by atoms with E-state index in [1.54, 1.807) is 11.8 Å². The van der Waals surface area contributed by atoms with Crippen LogP contribution in [0.25, 0.3) is 11.1 Å². The van der Waals surface area contributed by atoms with Crippen LogP contribution in [0.2, 0.25) is 0 Å². The third-order valence-corrected chi connectivity index (χ3v) is 5.24. The molecule has 3 rings (SSSR count). The van der Waals surface area contributed by atoms with Crippen LogP contribution in [-0.4, -0.2) is 17.8 Å². The van der Waals surface area contributed by atoms with Crippen molar-refractivity contribution in [1.82, 2.24) is 0 Å². The van der Waals surface area contributed by atoms with E-state index in [2.05, 4.69) is 36.4 Å². The lowest BCUT2D eigenvalue weighted by molar-refractivity contribution is -0.142. The molecular formula is C23H22O2S. The van der Waals surface area contributed by atoms with Crippen LogP contribution in [0.4, 0.5) is 0 Å². The van der Waals surface area contributed by atoms with Gasteiger partial charge in [0.15, 0.2) is 0 Å². The first-order valence-corrected chi connectivity index (χ1v) is 9.67. The van der Waals surface area contributed by atoms with E-state index in [4.69, 9.17) is 4.74 Å². The van der Waals surface area contributed by atoms with Crippen molar-refractivity contribution in [2.45, 2.75) is 23.5 Å². The second-order valence-corrected chi connectivity index (χ2v) is 7.21. The molecule has 0 N–H and O–H groups in total. The van der Waals surface area contributed by atoms with Crippen LogP contribution < -0.4 is 0 Å². The van der Waals surface area contributed by atoms with E-state index in [-0.39, 0.29) is 11.2 Å². The van der Waals surface area contributed by atoms with Crippen LogP contribution >= 0.6 is 11.8 Å². The first-order valence-electron chi connectivity index (χ1n) is 8.79. The summed E-state index contributed by atoms with van der Waals surface area (Å²) in [4.78, 5) is 13.5. The van der Waals surface area contributed by atoms with Crippen molar-refractivity contribution in [3.8, 4) is 11.1 Å². The minimum atomic E-state index is -0.250. The van der Waals surface area contributed by atoms with Gasteiger partial charge in [-0.05, 0) is 42.2 Å². The topological polar surface area (TPSA) is 26.3 Å². The van der Waals surface area contributed by atoms with Gasteiger partial charge in [0.25, 0.3) is 0 Å². The lowest BCUT2D eigenvalue weighted by Gasteiger charge is -2.15. The second kappa shape index (κ2) is 9.25. The zero-order chi connectivity index (χ0) is 18.2. The molecule has 0 aliphatic carbocycles. The Morgan fingerprint density at radius 3 is 2.04 bits per heavy atom. The fourth-order valence-electron chi connectivity index (χ4n) is 2.75. The molecule has 2 nitrogen and oxygen atoms in total. The van der Waals surface area contributed by atoms with Crippen LogP contribution in [0.15, 0.2) is 89.8 Å². The molecule has 0 aliphatic rings. The standard InChI is InChI=1S/C23H22O2S/c1-2-25-23(24)22(26-21-11-7-4-8-12-21)17-18-13-15-20(16-14-18)19-9-5-3-6-10-19/h3-16,22H,2,17H2,1H3. The predicted octanol–water partition coefficient (Wildman–Crippen LogP) is 5.62. The van der Waals surface area contributed by atoms with Crippen molar-refractivity contribution >= 4 is 17.7 Å². The summed E-state index contributed by atoms with van der Waals surface area (Å²) in [6.45, 7) is 2.24. The Balaban J connectivity index is 1.74. The first-order chi connectivity index (χ1) is 12.8. The van der Waals surface area contributed by atoms with Crippen molar-refractivity contribution < 1.29 is 9.53 Å². The number of esters is 1. The summed E-state index contributed by atoms with van der Waals surface area (Å²) in [6.07, 6.45) is 0.646. The van der Waals surface area contributed by atoms with Gasteiger partial charge in [-0.15, -0.1) is 11.8 Å². The van der Waals surface area contributed by atoms with Gasteiger partial charge in [0.1, 0.15) is 5.25 Å². The Morgan fingerprint density at radius 2 is 1.42 bits per heavy atom. The van der Waals surface area contributed by atoms with E-state index in [1.165, 1.54) is 11.1 Å². The molecule has 0 aromatic heterocycles. The van der Waals surface area contributed by atoms with Gasteiger partial charge in [-0.25, -0.2) is 0 Å². The van der Waals surface area contributed by atoms with Crippen LogP contribution in [-0.2, 0) is 16.0 Å². The van der Waals surface area contributed by atoms with Crippen molar-refractivity contribution in [2.24, 2.45) is 0 Å². The molecule has 0 spiro atoms. The zero-order valence-electron chi connectivity index (χ0n) is 14.8. The lowest BCUT2D eigenvalue weighted by Crippen LogP contribution is -2.22. The van der Waals surface area contributed by atoms with Crippen molar-refractivity contribution in [3.63, 3.8) is 0 Å². The molecule has 0 bridgehead atoms. The van der Waals surface area contributed by atoms with E-state index in [0.717, 1.165) is 10.5 Å². The van der Waals surface area contributed by atoms with Crippen molar-refractivity contribution in [3.05, 3.63) is 90.5 Å². The molecule has 3 aromatic rings. The van der Waals surface area contributed by atoms with Gasteiger partial charge in [0, 0.05) is 4.90 Å². The molecule has 1 unspecified atom stereocenters. The molecule has 26 heavy (non-hydrogen) atoms. The van der Waals surface area contributed by atoms with Crippen LogP contribution in [0.1, 0.15) is 12.5 Å². The van der Waals surface area contributed by atoms with E-state index in [0.29, 0.717) is 13.0 Å². The normalized spacial score (nSPS) is 11.7. The molecule has 3 heteroatoms. The predicted molar refractivity (Wildman–Crippen MR) is 108 cm³/mol. The zero-order valence-corrected chi connectivity index (χ0v) is 15.6. The fourth-order valence-corrected chi connectivity index (χ4v) is 3.83. The first kappa shape index (κ1) is 18.3. The number of hydrogen-bond acceptors (Lipinski definition) is 3. The van der Waals surface area contributed by atoms with Gasteiger partial charge in [-0.2, -0.15) is 0 Å². The highest BCUT2D eigenvalue weighted by Crippen LogP contribution is 2.27. The summed E-state index contributed by atoms with van der Waals surface area (Å²) in [6, 6.07) is 28.7. The summed E-state index contributed by atoms with van der Waals surface area (Å²) in [7, 11) is 0. The summed E-state index contributed by atoms with van der Waals surface area (Å²) in [5.41, 5.74) is 3.50. The Bertz CT molecular complexity index is 814. The number of carbonyl (C=O) groups is 1. The Kier molecular flexibility index (Phi) is 6.50. The van der Waals surface area contributed by atoms with Crippen molar-refractivity contribution in [2.75, 3.05) is 6.61 Å². The third kappa shape index (κ3) is 4.99. The van der Waals surface area contributed by atoms with Crippen LogP contribution in [0.5, 0.6) is 0 Å². The van der Waals surface area contributed by atoms with E-state index < -0.39 is 0 Å². The minimum absolute atomic E-state index is 0.159. The van der Waals surface area contributed by atoms with Gasteiger partial charge in [0.05, 0.1) is 6.61 Å². The molecule has 0 saturated heterocycles. The molecule has 1 atom stereocenters. The maximum atomic E-state index is 12.4. The lowest BCUT2D eigenvalue weighted by atomic mass is 10.0. The molecule has 0 amide bonds. The molecule has 0 radical (unpaired) electrons. The van der Waals surface area contributed by atoms with Crippen molar-refractivity contribution in [1.29, 1.82) is 0 Å². The number of thioether (sulfide) groups is 1. The largest absolute Gasteiger partial charge is 0.465 e. The number of hydrogen-bond donors (Lipinski definition) is 0. The molecule has 0 heterocycles. The fraction of sp³-hybridized carbons (Fsp3) is 0.174. The molecule has 3 aromatic carbocycles. The maximum absolute atomic E-state index is 12.4. The quantitative estimate of drug-likeness (QED) is 0.403. The minimum Gasteiger partial charge on any atom is -0.465 e. The molecule has 0 saturated carbocycles. The SMILES string of the molecule is CCOC(=O)C(Cc1ccc(-c2ccccc2)cc1)Sc1ccccc1. The summed E-state index contributed by atoms with van der Waals surface area (Å²) < 4.78 is 5.28. The Morgan fingerprint density at radius 1 is 0.846 bits per heavy atom. The summed E-state index contributed by atoms with van der Waals surface area (Å²) in [5, 5.41) is -0.250. The average molecular weight is 362 g/mol. The molecule has 0 fully saturated rings. The third-order valence-electron chi connectivity index (χ3n) is 4.05. The van der Waals surface area contributed by atoms with Crippen LogP contribution in [0.3, 0.4) is 0 Å². The summed E-state index contributed by atoms with van der Waals surface area (Å²) in [5.74, 6) is -0.159. The highest BCUT2D eigenvalue weighted by molar-refractivity contribution is 8.00.